The lowest BCUT2D eigenvalue weighted by atomic mass is 10.0. The summed E-state index contributed by atoms with van der Waals surface area (Å²) in [5.74, 6) is 4.95. The Balaban J connectivity index is 0.00000408. The van der Waals surface area contributed by atoms with Crippen molar-refractivity contribution >= 4 is 35.6 Å². The molecule has 0 aliphatic carbocycles. The van der Waals surface area contributed by atoms with E-state index in [1.54, 1.807) is 29.2 Å². The molecule has 2 N–H and O–H groups in total. The molecule has 1 fully saturated rings. The molecule has 0 radical (unpaired) electrons. The van der Waals surface area contributed by atoms with Crippen molar-refractivity contribution in [2.45, 2.75) is 18.4 Å². The molecular formula is C21H22Cl2F6N4O. The number of halogens is 8. The first-order valence-electron chi connectivity index (χ1n) is 9.84. The Bertz CT molecular complexity index is 977. The van der Waals surface area contributed by atoms with Crippen molar-refractivity contribution < 1.29 is 31.1 Å². The van der Waals surface area contributed by atoms with Crippen molar-refractivity contribution in [1.29, 1.82) is 0 Å². The molecule has 0 aromatic heterocycles. The number of hydrazine groups is 1. The van der Waals surface area contributed by atoms with Crippen molar-refractivity contribution in [2.75, 3.05) is 38.2 Å². The van der Waals surface area contributed by atoms with Crippen LogP contribution in [0.25, 0.3) is 0 Å². The molecule has 0 spiro atoms. The van der Waals surface area contributed by atoms with E-state index in [1.807, 2.05) is 11.9 Å². The van der Waals surface area contributed by atoms with Crippen LogP contribution in [-0.2, 0) is 17.1 Å². The summed E-state index contributed by atoms with van der Waals surface area (Å²) in [5.41, 5.74) is -3.51. The molecule has 13 heteroatoms. The minimum absolute atomic E-state index is 0. The number of hydrogen-bond donors (Lipinski definition) is 1. The van der Waals surface area contributed by atoms with E-state index in [2.05, 4.69) is 0 Å². The third-order valence-corrected chi connectivity index (χ3v) is 5.77. The molecule has 3 rings (SSSR count). The number of anilines is 1. The van der Waals surface area contributed by atoms with E-state index in [9.17, 15) is 31.1 Å². The summed E-state index contributed by atoms with van der Waals surface area (Å²) in [6, 6.07) is 6.10. The molecule has 5 nitrogen and oxygen atoms in total. The van der Waals surface area contributed by atoms with Gasteiger partial charge in [-0.3, -0.25) is 9.69 Å². The van der Waals surface area contributed by atoms with Gasteiger partial charge in [-0.25, -0.2) is 10.9 Å². The molecule has 1 unspecified atom stereocenters. The molecule has 1 aliphatic rings. The van der Waals surface area contributed by atoms with E-state index in [1.165, 1.54) is 0 Å². The van der Waals surface area contributed by atoms with Gasteiger partial charge in [0.15, 0.2) is 0 Å². The lowest BCUT2D eigenvalue weighted by Gasteiger charge is -2.38. The predicted molar refractivity (Wildman–Crippen MR) is 119 cm³/mol. The van der Waals surface area contributed by atoms with Crippen LogP contribution in [0, 0.1) is 0 Å². The number of hydrogen-bond acceptors (Lipinski definition) is 4. The van der Waals surface area contributed by atoms with E-state index >= 15 is 0 Å². The molecule has 0 saturated carbocycles. The number of nitrogens with zero attached hydrogens (tertiary/aromatic N) is 3. The lowest BCUT2D eigenvalue weighted by Crippen LogP contribution is -2.52. The molecule has 0 bridgehead atoms. The molecule has 1 amide bonds. The first-order chi connectivity index (χ1) is 15.3. The maximum atomic E-state index is 13.4. The number of rotatable bonds is 4. The van der Waals surface area contributed by atoms with Gasteiger partial charge in [-0.05, 0) is 36.9 Å². The van der Waals surface area contributed by atoms with Crippen LogP contribution in [-0.4, -0.2) is 48.9 Å². The van der Waals surface area contributed by atoms with Crippen molar-refractivity contribution in [2.24, 2.45) is 5.84 Å². The summed E-state index contributed by atoms with van der Waals surface area (Å²) >= 11 is 6.29. The fourth-order valence-electron chi connectivity index (χ4n) is 3.60. The third kappa shape index (κ3) is 6.33. The van der Waals surface area contributed by atoms with Gasteiger partial charge < -0.3 is 4.90 Å². The largest absolute Gasteiger partial charge is 0.416 e. The zero-order valence-corrected chi connectivity index (χ0v) is 19.4. The van der Waals surface area contributed by atoms with Gasteiger partial charge in [0.2, 0.25) is 0 Å². The van der Waals surface area contributed by atoms with Gasteiger partial charge in [0.25, 0.3) is 5.91 Å². The first kappa shape index (κ1) is 28.2. The highest BCUT2D eigenvalue weighted by atomic mass is 35.5. The molecule has 2 aromatic carbocycles. The molecule has 188 valence electrons. The van der Waals surface area contributed by atoms with Gasteiger partial charge in [-0.2, -0.15) is 26.3 Å². The number of carbonyl (C=O) groups excluding carboxylic acids is 1. The second-order valence-electron chi connectivity index (χ2n) is 7.74. The minimum atomic E-state index is -5.07. The number of piperazine rings is 1. The Labute approximate surface area is 203 Å². The molecule has 2 aromatic rings. The Hall–Kier alpha value is -2.05. The Morgan fingerprint density at radius 2 is 1.47 bits per heavy atom. The Morgan fingerprint density at radius 3 is 1.94 bits per heavy atom. The van der Waals surface area contributed by atoms with Crippen LogP contribution in [0.15, 0.2) is 42.5 Å². The van der Waals surface area contributed by atoms with Crippen LogP contribution in [0.4, 0.5) is 32.0 Å². The van der Waals surface area contributed by atoms with Crippen LogP contribution in [0.2, 0.25) is 5.02 Å². The molecule has 1 atom stereocenters. The third-order valence-electron chi connectivity index (χ3n) is 5.42. The van der Waals surface area contributed by atoms with Crippen molar-refractivity contribution in [3.05, 3.63) is 64.2 Å². The lowest BCUT2D eigenvalue weighted by molar-refractivity contribution is -0.143. The fourth-order valence-corrected chi connectivity index (χ4v) is 3.84. The van der Waals surface area contributed by atoms with Gasteiger partial charge in [-0.15, -0.1) is 12.4 Å². The average molecular weight is 531 g/mol. The van der Waals surface area contributed by atoms with E-state index in [0.29, 0.717) is 48.9 Å². The van der Waals surface area contributed by atoms with E-state index in [-0.39, 0.29) is 23.5 Å². The van der Waals surface area contributed by atoms with Crippen LogP contribution in [0.1, 0.15) is 22.7 Å². The SMILES string of the molecule is CN1CCN(C(C(=O)N(N)c2cc(C(F)(F)F)cc(C(F)(F)F)c2)c2ccccc2Cl)CC1.Cl. The highest BCUT2D eigenvalue weighted by Crippen LogP contribution is 2.39. The topological polar surface area (TPSA) is 52.8 Å². The van der Waals surface area contributed by atoms with E-state index < -0.39 is 41.1 Å². The summed E-state index contributed by atoms with van der Waals surface area (Å²) in [5, 5.41) is 0.555. The average Bonchev–Trinajstić information content (AvgIpc) is 2.74. The number of benzene rings is 2. The summed E-state index contributed by atoms with van der Waals surface area (Å²) in [7, 11) is 1.89. The molecular weight excluding hydrogens is 509 g/mol. The zero-order chi connectivity index (χ0) is 24.6. The zero-order valence-electron chi connectivity index (χ0n) is 17.8. The number of amides is 1. The van der Waals surface area contributed by atoms with Crippen molar-refractivity contribution in [3.63, 3.8) is 0 Å². The quantitative estimate of drug-likeness (QED) is 0.262. The van der Waals surface area contributed by atoms with E-state index in [0.717, 1.165) is 0 Å². The second kappa shape index (κ2) is 10.7. The highest BCUT2D eigenvalue weighted by Gasteiger charge is 2.39. The van der Waals surface area contributed by atoms with Gasteiger partial charge >= 0.3 is 12.4 Å². The summed E-state index contributed by atoms with van der Waals surface area (Å²) in [6.45, 7) is 2.03. The first-order valence-corrected chi connectivity index (χ1v) is 10.2. The number of alkyl halides is 6. The standard InChI is InChI=1S/C21H21ClF6N4O.ClH/c1-30-6-8-31(9-7-30)18(16-4-2-3-5-17(16)22)19(33)32(29)15-11-13(20(23,24)25)10-14(12-15)21(26,27)28;/h2-5,10-12,18H,6-9,29H2,1H3;1H. The smallest absolute Gasteiger partial charge is 0.304 e. The van der Waals surface area contributed by atoms with Crippen LogP contribution >= 0.6 is 24.0 Å². The fraction of sp³-hybridized carbons (Fsp3) is 0.381. The second-order valence-corrected chi connectivity index (χ2v) is 8.14. The predicted octanol–water partition coefficient (Wildman–Crippen LogP) is 4.99. The minimum Gasteiger partial charge on any atom is -0.304 e. The molecule has 34 heavy (non-hydrogen) atoms. The van der Waals surface area contributed by atoms with Gasteiger partial charge in [0, 0.05) is 31.2 Å². The number of nitrogens with two attached hydrogens (primary N) is 1. The van der Waals surface area contributed by atoms with Crippen molar-refractivity contribution in [1.82, 2.24) is 9.80 Å². The number of likely N-dealkylation sites (N-methyl/N-ethyl adjacent to an activating group) is 1. The monoisotopic (exact) mass is 530 g/mol. The Kier molecular flexibility index (Phi) is 8.87. The maximum absolute atomic E-state index is 13.4. The van der Waals surface area contributed by atoms with Crippen LogP contribution < -0.4 is 10.9 Å². The summed E-state index contributed by atoms with van der Waals surface area (Å²) < 4.78 is 79.6. The van der Waals surface area contributed by atoms with Crippen LogP contribution in [0.3, 0.4) is 0 Å². The summed E-state index contributed by atoms with van der Waals surface area (Å²) in [4.78, 5) is 17.2. The molecule has 1 saturated heterocycles. The number of carbonyl (C=O) groups is 1. The van der Waals surface area contributed by atoms with Crippen molar-refractivity contribution in [3.8, 4) is 0 Å². The summed E-state index contributed by atoms with van der Waals surface area (Å²) in [6.07, 6.45) is -10.1. The van der Waals surface area contributed by atoms with E-state index in [4.69, 9.17) is 17.4 Å². The molecule has 1 heterocycles. The van der Waals surface area contributed by atoms with Gasteiger partial charge in [0.05, 0.1) is 16.8 Å². The highest BCUT2D eigenvalue weighted by molar-refractivity contribution is 6.31. The molecule has 1 aliphatic heterocycles. The maximum Gasteiger partial charge on any atom is 0.416 e. The normalized spacial score (nSPS) is 16.6. The van der Waals surface area contributed by atoms with Gasteiger partial charge in [0.1, 0.15) is 6.04 Å². The van der Waals surface area contributed by atoms with Crippen LogP contribution in [0.5, 0.6) is 0 Å². The Morgan fingerprint density at radius 1 is 0.971 bits per heavy atom. The van der Waals surface area contributed by atoms with Gasteiger partial charge in [-0.1, -0.05) is 29.8 Å².